The van der Waals surface area contributed by atoms with Gasteiger partial charge in [-0.05, 0) is 11.6 Å². The summed E-state index contributed by atoms with van der Waals surface area (Å²) in [6.07, 6.45) is -0.585. The SMILES string of the molecule is N#Cc1c(NC(=O)OCc2ccccc2)sc2c1-c1ccccc1OC2. The lowest BCUT2D eigenvalue weighted by atomic mass is 9.99. The Hall–Kier alpha value is -3.30. The lowest BCUT2D eigenvalue weighted by molar-refractivity contribution is 0.155. The molecule has 6 heteroatoms. The number of ether oxygens (including phenoxy) is 2. The summed E-state index contributed by atoms with van der Waals surface area (Å²) in [6.45, 7) is 0.554. The first-order valence-electron chi connectivity index (χ1n) is 8.02. The van der Waals surface area contributed by atoms with Crippen molar-refractivity contribution in [2.75, 3.05) is 5.32 Å². The van der Waals surface area contributed by atoms with Gasteiger partial charge in [-0.3, -0.25) is 5.32 Å². The lowest BCUT2D eigenvalue weighted by Crippen LogP contribution is -2.13. The highest BCUT2D eigenvalue weighted by atomic mass is 32.1. The van der Waals surface area contributed by atoms with Gasteiger partial charge in [0.05, 0.1) is 10.4 Å². The molecule has 1 aromatic heterocycles. The fraction of sp³-hybridized carbons (Fsp3) is 0.100. The van der Waals surface area contributed by atoms with Crippen molar-refractivity contribution in [3.63, 3.8) is 0 Å². The van der Waals surface area contributed by atoms with Crippen molar-refractivity contribution in [2.45, 2.75) is 13.2 Å². The van der Waals surface area contributed by atoms with Crippen LogP contribution in [-0.4, -0.2) is 6.09 Å². The van der Waals surface area contributed by atoms with Crippen molar-refractivity contribution in [2.24, 2.45) is 0 Å². The van der Waals surface area contributed by atoms with Crippen LogP contribution in [0.5, 0.6) is 5.75 Å². The number of rotatable bonds is 3. The maximum atomic E-state index is 12.1. The predicted molar refractivity (Wildman–Crippen MR) is 99.1 cm³/mol. The molecular weight excluding hydrogens is 348 g/mol. The number of nitriles is 1. The van der Waals surface area contributed by atoms with Gasteiger partial charge in [-0.2, -0.15) is 5.26 Å². The average molecular weight is 362 g/mol. The maximum Gasteiger partial charge on any atom is 0.412 e. The zero-order chi connectivity index (χ0) is 17.9. The molecule has 26 heavy (non-hydrogen) atoms. The molecule has 0 spiro atoms. The van der Waals surface area contributed by atoms with E-state index in [-0.39, 0.29) is 6.61 Å². The number of hydrogen-bond acceptors (Lipinski definition) is 5. The van der Waals surface area contributed by atoms with Crippen molar-refractivity contribution < 1.29 is 14.3 Å². The molecule has 2 heterocycles. The Labute approximate surface area is 154 Å². The van der Waals surface area contributed by atoms with Crippen LogP contribution in [0.1, 0.15) is 16.0 Å². The third-order valence-electron chi connectivity index (χ3n) is 4.04. The quantitative estimate of drug-likeness (QED) is 0.717. The highest BCUT2D eigenvalue weighted by molar-refractivity contribution is 7.17. The third kappa shape index (κ3) is 3.01. The van der Waals surface area contributed by atoms with Gasteiger partial charge in [-0.25, -0.2) is 4.79 Å². The van der Waals surface area contributed by atoms with Gasteiger partial charge in [-0.15, -0.1) is 11.3 Å². The molecule has 0 aliphatic carbocycles. The minimum atomic E-state index is -0.585. The Kier molecular flexibility index (Phi) is 4.30. The largest absolute Gasteiger partial charge is 0.487 e. The molecule has 128 valence electrons. The molecule has 0 unspecified atom stereocenters. The van der Waals surface area contributed by atoms with Crippen molar-refractivity contribution >= 4 is 22.4 Å². The molecule has 0 saturated carbocycles. The normalized spacial score (nSPS) is 11.5. The second-order valence-corrected chi connectivity index (χ2v) is 6.79. The van der Waals surface area contributed by atoms with E-state index in [2.05, 4.69) is 11.4 Å². The molecule has 1 amide bonds. The molecule has 0 bridgehead atoms. The maximum absolute atomic E-state index is 12.1. The van der Waals surface area contributed by atoms with Crippen LogP contribution in [0.2, 0.25) is 0 Å². The Morgan fingerprint density at radius 1 is 1.19 bits per heavy atom. The highest BCUT2D eigenvalue weighted by Crippen LogP contribution is 2.46. The highest BCUT2D eigenvalue weighted by Gasteiger charge is 2.26. The molecule has 0 atom stereocenters. The lowest BCUT2D eigenvalue weighted by Gasteiger charge is -2.17. The molecule has 5 nitrogen and oxygen atoms in total. The van der Waals surface area contributed by atoms with Gasteiger partial charge >= 0.3 is 6.09 Å². The van der Waals surface area contributed by atoms with Crippen LogP contribution in [0.25, 0.3) is 11.1 Å². The number of benzene rings is 2. The molecule has 0 radical (unpaired) electrons. The standard InChI is InChI=1S/C20H14N2O3S/c21-10-15-18-14-8-4-5-9-16(14)24-12-17(18)26-19(15)22-20(23)25-11-13-6-2-1-3-7-13/h1-9H,11-12H2,(H,22,23). The molecule has 2 aromatic carbocycles. The summed E-state index contributed by atoms with van der Waals surface area (Å²) >= 11 is 1.34. The fourth-order valence-corrected chi connectivity index (χ4v) is 3.92. The number of carbonyl (C=O) groups is 1. The summed E-state index contributed by atoms with van der Waals surface area (Å²) in [6, 6.07) is 19.2. The van der Waals surface area contributed by atoms with Gasteiger partial charge < -0.3 is 9.47 Å². The van der Waals surface area contributed by atoms with E-state index in [0.29, 0.717) is 17.2 Å². The van der Waals surface area contributed by atoms with E-state index in [4.69, 9.17) is 9.47 Å². The minimum Gasteiger partial charge on any atom is -0.487 e. The average Bonchev–Trinajstić information content (AvgIpc) is 3.04. The van der Waals surface area contributed by atoms with Gasteiger partial charge in [0, 0.05) is 11.1 Å². The molecule has 1 N–H and O–H groups in total. The molecule has 0 saturated heterocycles. The van der Waals surface area contributed by atoms with Crippen LogP contribution in [-0.2, 0) is 18.0 Å². The zero-order valence-electron chi connectivity index (χ0n) is 13.7. The van der Waals surface area contributed by atoms with Crippen molar-refractivity contribution in [1.29, 1.82) is 5.26 Å². The minimum absolute atomic E-state index is 0.172. The van der Waals surface area contributed by atoms with Crippen LogP contribution < -0.4 is 10.1 Å². The van der Waals surface area contributed by atoms with Gasteiger partial charge in [0.1, 0.15) is 30.0 Å². The summed E-state index contributed by atoms with van der Waals surface area (Å²) in [5.41, 5.74) is 3.04. The van der Waals surface area contributed by atoms with Crippen LogP contribution in [0.3, 0.4) is 0 Å². The molecule has 0 fully saturated rings. The van der Waals surface area contributed by atoms with E-state index in [9.17, 15) is 10.1 Å². The summed E-state index contributed by atoms with van der Waals surface area (Å²) in [5.74, 6) is 0.743. The molecule has 1 aliphatic heterocycles. The number of amides is 1. The number of nitrogens with one attached hydrogen (secondary N) is 1. The topological polar surface area (TPSA) is 71.4 Å². The summed E-state index contributed by atoms with van der Waals surface area (Å²) in [7, 11) is 0. The van der Waals surface area contributed by atoms with Crippen LogP contribution in [0.4, 0.5) is 9.80 Å². The first-order chi connectivity index (χ1) is 12.8. The van der Waals surface area contributed by atoms with Crippen molar-refractivity contribution in [3.05, 3.63) is 70.6 Å². The summed E-state index contributed by atoms with van der Waals surface area (Å²) in [4.78, 5) is 13.1. The molecule has 1 aliphatic rings. The first-order valence-corrected chi connectivity index (χ1v) is 8.83. The first kappa shape index (κ1) is 16.2. The Morgan fingerprint density at radius 3 is 2.77 bits per heavy atom. The Balaban J connectivity index is 1.56. The monoisotopic (exact) mass is 362 g/mol. The third-order valence-corrected chi connectivity index (χ3v) is 5.12. The molecule has 4 rings (SSSR count). The smallest absolute Gasteiger partial charge is 0.412 e. The van der Waals surface area contributed by atoms with Crippen LogP contribution in [0, 0.1) is 11.3 Å². The van der Waals surface area contributed by atoms with Gasteiger partial charge in [0.2, 0.25) is 0 Å². The van der Waals surface area contributed by atoms with Gasteiger partial charge in [-0.1, -0.05) is 48.5 Å². The molecule has 3 aromatic rings. The number of nitrogens with zero attached hydrogens (tertiary/aromatic N) is 1. The van der Waals surface area contributed by atoms with Crippen molar-refractivity contribution in [1.82, 2.24) is 0 Å². The summed E-state index contributed by atoms with van der Waals surface area (Å²) in [5, 5.41) is 12.8. The number of fused-ring (bicyclic) bond motifs is 3. The van der Waals surface area contributed by atoms with Crippen LogP contribution in [0.15, 0.2) is 54.6 Å². The summed E-state index contributed by atoms with van der Waals surface area (Å²) < 4.78 is 11.0. The van der Waals surface area contributed by atoms with Gasteiger partial charge in [0.15, 0.2) is 0 Å². The van der Waals surface area contributed by atoms with Crippen LogP contribution >= 0.6 is 11.3 Å². The number of thiophene rings is 1. The van der Waals surface area contributed by atoms with E-state index < -0.39 is 6.09 Å². The van der Waals surface area contributed by atoms with E-state index >= 15 is 0 Å². The van der Waals surface area contributed by atoms with E-state index in [1.54, 1.807) is 0 Å². The number of para-hydroxylation sites is 1. The van der Waals surface area contributed by atoms with Gasteiger partial charge in [0.25, 0.3) is 0 Å². The number of anilines is 1. The van der Waals surface area contributed by atoms with E-state index in [1.165, 1.54) is 11.3 Å². The predicted octanol–water partition coefficient (Wildman–Crippen LogP) is 4.93. The van der Waals surface area contributed by atoms with Crippen molar-refractivity contribution in [3.8, 4) is 22.9 Å². The molecular formula is C20H14N2O3S. The van der Waals surface area contributed by atoms with E-state index in [0.717, 1.165) is 27.3 Å². The zero-order valence-corrected chi connectivity index (χ0v) is 14.5. The number of carbonyl (C=O) groups excluding carboxylic acids is 1. The fourth-order valence-electron chi connectivity index (χ4n) is 2.85. The van der Waals surface area contributed by atoms with E-state index in [1.807, 2.05) is 54.6 Å². The number of hydrogen-bond donors (Lipinski definition) is 1. The Morgan fingerprint density at radius 2 is 1.96 bits per heavy atom. The Bertz CT molecular complexity index is 1010. The second-order valence-electron chi connectivity index (χ2n) is 5.69. The second kappa shape index (κ2) is 6.90.